The van der Waals surface area contributed by atoms with Crippen LogP contribution in [0.15, 0.2) is 58.6 Å². The average molecular weight is 491 g/mol. The number of amides is 1. The van der Waals surface area contributed by atoms with Gasteiger partial charge in [0.2, 0.25) is 5.91 Å². The third kappa shape index (κ3) is 5.19. The molecule has 0 radical (unpaired) electrons. The number of carbonyl (C=O) groups is 1. The van der Waals surface area contributed by atoms with Gasteiger partial charge in [0, 0.05) is 56.3 Å². The summed E-state index contributed by atoms with van der Waals surface area (Å²) in [6.07, 6.45) is 5.60. The summed E-state index contributed by atoms with van der Waals surface area (Å²) in [7, 11) is 0. The Balaban J connectivity index is 1.35. The Hall–Kier alpha value is -3.88. The van der Waals surface area contributed by atoms with Gasteiger partial charge in [0.1, 0.15) is 30.0 Å². The summed E-state index contributed by atoms with van der Waals surface area (Å²) in [5.74, 6) is 0.973. The third-order valence-corrected chi connectivity index (χ3v) is 6.61. The molecule has 0 unspecified atom stereocenters. The SMILES string of the molecule is Cc1cc(-c2cn(-c3ccc(F)cc3)c(CC(=O)N3CCN(C4=NCN=CCC4)CC3)n2)ccc1F. The van der Waals surface area contributed by atoms with Gasteiger partial charge in [-0.05, 0) is 61.4 Å². The number of halogens is 2. The summed E-state index contributed by atoms with van der Waals surface area (Å²) in [6, 6.07) is 10.9. The van der Waals surface area contributed by atoms with Crippen molar-refractivity contribution in [2.45, 2.75) is 26.2 Å². The van der Waals surface area contributed by atoms with E-state index in [0.29, 0.717) is 42.5 Å². The highest BCUT2D eigenvalue weighted by Gasteiger charge is 2.25. The lowest BCUT2D eigenvalue weighted by atomic mass is 10.1. The molecule has 1 fully saturated rings. The number of hydrogen-bond donors (Lipinski definition) is 0. The maximum absolute atomic E-state index is 13.8. The van der Waals surface area contributed by atoms with Crippen molar-refractivity contribution in [1.29, 1.82) is 0 Å². The highest BCUT2D eigenvalue weighted by atomic mass is 19.1. The molecule has 1 aromatic heterocycles. The number of aryl methyl sites for hydroxylation is 1. The molecule has 0 bridgehead atoms. The first-order valence-corrected chi connectivity index (χ1v) is 12.1. The molecule has 36 heavy (non-hydrogen) atoms. The van der Waals surface area contributed by atoms with Crippen molar-refractivity contribution < 1.29 is 13.6 Å². The van der Waals surface area contributed by atoms with Gasteiger partial charge < -0.3 is 14.4 Å². The zero-order valence-electron chi connectivity index (χ0n) is 20.2. The quantitative estimate of drug-likeness (QED) is 0.555. The van der Waals surface area contributed by atoms with Crippen LogP contribution in [0.1, 0.15) is 24.2 Å². The molecule has 0 N–H and O–H groups in total. The van der Waals surface area contributed by atoms with E-state index in [2.05, 4.69) is 14.9 Å². The number of rotatable bonds is 4. The Labute approximate surface area is 208 Å². The lowest BCUT2D eigenvalue weighted by Gasteiger charge is -2.36. The van der Waals surface area contributed by atoms with Gasteiger partial charge in [0.05, 0.1) is 12.1 Å². The van der Waals surface area contributed by atoms with Crippen LogP contribution in [0.2, 0.25) is 0 Å². The number of carbonyl (C=O) groups excluding carboxylic acids is 1. The van der Waals surface area contributed by atoms with Crippen LogP contribution in [0.25, 0.3) is 16.9 Å². The number of nitrogens with zero attached hydrogens (tertiary/aromatic N) is 6. The van der Waals surface area contributed by atoms with Gasteiger partial charge in [-0.15, -0.1) is 0 Å². The number of aliphatic imine (C=N–C) groups is 2. The van der Waals surface area contributed by atoms with Crippen molar-refractivity contribution in [2.24, 2.45) is 9.98 Å². The summed E-state index contributed by atoms with van der Waals surface area (Å²) < 4.78 is 29.2. The zero-order valence-corrected chi connectivity index (χ0v) is 20.2. The molecule has 7 nitrogen and oxygen atoms in total. The molecule has 3 heterocycles. The summed E-state index contributed by atoms with van der Waals surface area (Å²) in [6.45, 7) is 4.86. The molecule has 2 aliphatic heterocycles. The first kappa shape index (κ1) is 23.8. The van der Waals surface area contributed by atoms with Crippen LogP contribution < -0.4 is 0 Å². The molecule has 5 rings (SSSR count). The lowest BCUT2D eigenvalue weighted by Crippen LogP contribution is -2.51. The number of piperazine rings is 1. The fourth-order valence-corrected chi connectivity index (χ4v) is 4.57. The van der Waals surface area contributed by atoms with Gasteiger partial charge in [-0.1, -0.05) is 0 Å². The largest absolute Gasteiger partial charge is 0.357 e. The number of benzene rings is 2. The Bertz CT molecular complexity index is 1310. The third-order valence-electron chi connectivity index (χ3n) is 6.61. The summed E-state index contributed by atoms with van der Waals surface area (Å²) in [5.41, 5.74) is 2.60. The lowest BCUT2D eigenvalue weighted by molar-refractivity contribution is -0.131. The maximum Gasteiger partial charge on any atom is 0.230 e. The molecule has 2 aliphatic rings. The van der Waals surface area contributed by atoms with Crippen molar-refractivity contribution in [2.75, 3.05) is 32.8 Å². The van der Waals surface area contributed by atoms with E-state index in [0.717, 1.165) is 37.3 Å². The molecule has 9 heteroatoms. The molecular weight excluding hydrogens is 462 g/mol. The molecule has 0 aliphatic carbocycles. The molecule has 0 atom stereocenters. The second-order valence-corrected chi connectivity index (χ2v) is 9.02. The first-order chi connectivity index (χ1) is 17.5. The van der Waals surface area contributed by atoms with E-state index in [1.807, 2.05) is 21.9 Å². The Morgan fingerprint density at radius 3 is 2.56 bits per heavy atom. The Kier molecular flexibility index (Phi) is 6.88. The topological polar surface area (TPSA) is 66.1 Å². The normalized spacial score (nSPS) is 16.1. The Morgan fingerprint density at radius 1 is 1.03 bits per heavy atom. The van der Waals surface area contributed by atoms with Crippen LogP contribution in [0.4, 0.5) is 8.78 Å². The van der Waals surface area contributed by atoms with E-state index in [-0.39, 0.29) is 24.0 Å². The van der Waals surface area contributed by atoms with Crippen LogP contribution >= 0.6 is 0 Å². The fraction of sp³-hybridized carbons (Fsp3) is 0.333. The molecular formula is C27H28F2N6O. The van der Waals surface area contributed by atoms with Crippen molar-refractivity contribution in [1.82, 2.24) is 19.4 Å². The van der Waals surface area contributed by atoms with Crippen molar-refractivity contribution in [3.63, 3.8) is 0 Å². The fourth-order valence-electron chi connectivity index (χ4n) is 4.57. The van der Waals surface area contributed by atoms with Crippen LogP contribution in [-0.2, 0) is 11.2 Å². The predicted octanol–water partition coefficient (Wildman–Crippen LogP) is 4.03. The number of hydrogen-bond acceptors (Lipinski definition) is 5. The smallest absolute Gasteiger partial charge is 0.230 e. The minimum Gasteiger partial charge on any atom is -0.357 e. The van der Waals surface area contributed by atoms with Crippen LogP contribution in [0, 0.1) is 18.6 Å². The van der Waals surface area contributed by atoms with Crippen LogP contribution in [0.5, 0.6) is 0 Å². The molecule has 186 valence electrons. The Morgan fingerprint density at radius 2 is 1.81 bits per heavy atom. The summed E-state index contributed by atoms with van der Waals surface area (Å²) in [5, 5.41) is 0. The van der Waals surface area contributed by atoms with Gasteiger partial charge in [0.15, 0.2) is 0 Å². The van der Waals surface area contributed by atoms with E-state index in [1.165, 1.54) is 18.2 Å². The van der Waals surface area contributed by atoms with E-state index in [9.17, 15) is 13.6 Å². The molecule has 1 saturated heterocycles. The second-order valence-electron chi connectivity index (χ2n) is 9.02. The number of imidazole rings is 1. The molecule has 3 aromatic rings. The highest BCUT2D eigenvalue weighted by Crippen LogP contribution is 2.24. The second kappa shape index (κ2) is 10.4. The zero-order chi connectivity index (χ0) is 25.1. The van der Waals surface area contributed by atoms with Gasteiger partial charge in [0.25, 0.3) is 0 Å². The molecule has 1 amide bonds. The van der Waals surface area contributed by atoms with Crippen molar-refractivity contribution >= 4 is 18.0 Å². The minimum atomic E-state index is -0.339. The monoisotopic (exact) mass is 490 g/mol. The highest BCUT2D eigenvalue weighted by molar-refractivity contribution is 5.85. The number of aromatic nitrogens is 2. The predicted molar refractivity (Wildman–Crippen MR) is 136 cm³/mol. The average Bonchev–Trinajstić information content (AvgIpc) is 3.11. The summed E-state index contributed by atoms with van der Waals surface area (Å²) in [4.78, 5) is 30.9. The number of amidine groups is 1. The molecule has 0 spiro atoms. The van der Waals surface area contributed by atoms with E-state index >= 15 is 0 Å². The van der Waals surface area contributed by atoms with E-state index in [4.69, 9.17) is 4.98 Å². The molecule has 0 saturated carbocycles. The van der Waals surface area contributed by atoms with Gasteiger partial charge in [-0.2, -0.15) is 0 Å². The minimum absolute atomic E-state index is 0.0170. The van der Waals surface area contributed by atoms with Crippen LogP contribution in [-0.4, -0.2) is 70.2 Å². The van der Waals surface area contributed by atoms with Crippen LogP contribution in [0.3, 0.4) is 0 Å². The maximum atomic E-state index is 13.8. The van der Waals surface area contributed by atoms with Gasteiger partial charge >= 0.3 is 0 Å². The van der Waals surface area contributed by atoms with E-state index in [1.54, 1.807) is 31.2 Å². The van der Waals surface area contributed by atoms with Gasteiger partial charge in [-0.3, -0.25) is 9.79 Å². The first-order valence-electron chi connectivity index (χ1n) is 12.1. The standard InChI is InChI=1S/C27H28F2N6O/c1-19-15-20(4-9-23(19)29)24-17-35(22-7-5-21(28)6-8-22)26(32-24)16-27(36)34-13-11-33(12-14-34)25-3-2-10-30-18-31-25/h4-10,15,17H,2-3,11-14,16,18H2,1H3. The molecule has 2 aromatic carbocycles. The van der Waals surface area contributed by atoms with E-state index < -0.39 is 0 Å². The van der Waals surface area contributed by atoms with Gasteiger partial charge in [-0.25, -0.2) is 18.8 Å². The van der Waals surface area contributed by atoms with Crippen molar-refractivity contribution in [3.8, 4) is 16.9 Å². The summed E-state index contributed by atoms with van der Waals surface area (Å²) >= 11 is 0. The van der Waals surface area contributed by atoms with Crippen molar-refractivity contribution in [3.05, 3.63) is 71.7 Å².